The number of para-hydroxylation sites is 1. The fourth-order valence-corrected chi connectivity index (χ4v) is 2.30. The Morgan fingerprint density at radius 2 is 1.89 bits per heavy atom. The molecule has 0 fully saturated rings. The van der Waals surface area contributed by atoms with E-state index in [4.69, 9.17) is 15.6 Å². The Balaban J connectivity index is 2.28. The lowest BCUT2D eigenvalue weighted by Crippen LogP contribution is -1.96. The van der Waals surface area contributed by atoms with E-state index in [1.807, 2.05) is 42.5 Å². The highest BCUT2D eigenvalue weighted by atomic mass is 127. The van der Waals surface area contributed by atoms with E-state index in [0.717, 1.165) is 26.3 Å². The Hall–Kier alpha value is -1.27. The van der Waals surface area contributed by atoms with Crippen molar-refractivity contribution in [2.45, 2.75) is 6.42 Å². The number of hydrogen-bond donors (Lipinski definition) is 2. The van der Waals surface area contributed by atoms with Gasteiger partial charge in [0.2, 0.25) is 0 Å². The second-order valence-electron chi connectivity index (χ2n) is 3.87. The molecule has 2 rings (SSSR count). The Morgan fingerprint density at radius 1 is 1.11 bits per heavy atom. The van der Waals surface area contributed by atoms with E-state index in [9.17, 15) is 0 Å². The molecule has 0 bridgehead atoms. The zero-order chi connectivity index (χ0) is 13.0. The number of hydrogen-bond acceptors (Lipinski definition) is 3. The predicted molar refractivity (Wildman–Crippen MR) is 80.9 cm³/mol. The summed E-state index contributed by atoms with van der Waals surface area (Å²) in [4.78, 5) is 0. The maximum absolute atomic E-state index is 9.03. The fourth-order valence-electron chi connectivity index (χ4n) is 1.65. The molecule has 0 aliphatic heterocycles. The second-order valence-corrected chi connectivity index (χ2v) is 5.04. The van der Waals surface area contributed by atoms with Gasteiger partial charge in [0, 0.05) is 12.3 Å². The Morgan fingerprint density at radius 3 is 2.61 bits per heavy atom. The fraction of sp³-hybridized carbons (Fsp3) is 0.143. The van der Waals surface area contributed by atoms with Gasteiger partial charge >= 0.3 is 0 Å². The quantitative estimate of drug-likeness (QED) is 0.654. The molecule has 0 saturated carbocycles. The second kappa shape index (κ2) is 6.06. The average Bonchev–Trinajstić information content (AvgIpc) is 2.35. The van der Waals surface area contributed by atoms with Crippen molar-refractivity contribution < 1.29 is 9.84 Å². The molecule has 0 heterocycles. The first-order chi connectivity index (χ1) is 8.70. The number of halogens is 1. The van der Waals surface area contributed by atoms with Gasteiger partial charge in [0.15, 0.2) is 0 Å². The minimum atomic E-state index is 0.110. The number of anilines is 1. The molecule has 3 N–H and O–H groups in total. The van der Waals surface area contributed by atoms with E-state index >= 15 is 0 Å². The summed E-state index contributed by atoms with van der Waals surface area (Å²) in [5.41, 5.74) is 7.42. The van der Waals surface area contributed by atoms with Gasteiger partial charge in [-0.15, -0.1) is 0 Å². The summed E-state index contributed by atoms with van der Waals surface area (Å²) in [6, 6.07) is 13.2. The van der Waals surface area contributed by atoms with Crippen molar-refractivity contribution >= 4 is 28.3 Å². The smallest absolute Gasteiger partial charge is 0.140 e. The summed E-state index contributed by atoms with van der Waals surface area (Å²) in [6.45, 7) is 0.110. The Kier molecular flexibility index (Phi) is 4.43. The molecule has 0 saturated heterocycles. The van der Waals surface area contributed by atoms with Crippen LogP contribution in [0.3, 0.4) is 0 Å². The standard InChI is InChI=1S/C14H14INO2/c15-12-9-11(16)5-6-14(12)18-13-4-2-1-3-10(13)7-8-17/h1-6,9,17H,7-8,16H2. The normalized spacial score (nSPS) is 10.3. The molecule has 0 aliphatic carbocycles. The summed E-state index contributed by atoms with van der Waals surface area (Å²) in [6.07, 6.45) is 0.585. The highest BCUT2D eigenvalue weighted by Crippen LogP contribution is 2.30. The number of ether oxygens (including phenoxy) is 1. The molecule has 2 aromatic carbocycles. The molecule has 18 heavy (non-hydrogen) atoms. The van der Waals surface area contributed by atoms with E-state index in [2.05, 4.69) is 22.6 Å². The van der Waals surface area contributed by atoms with Crippen molar-refractivity contribution in [1.29, 1.82) is 0 Å². The Labute approximate surface area is 120 Å². The lowest BCUT2D eigenvalue weighted by Gasteiger charge is -2.12. The monoisotopic (exact) mass is 355 g/mol. The largest absolute Gasteiger partial charge is 0.456 e. The van der Waals surface area contributed by atoms with Crippen LogP contribution in [0.4, 0.5) is 5.69 Å². The van der Waals surface area contributed by atoms with Crippen LogP contribution in [0.2, 0.25) is 0 Å². The number of nitrogens with two attached hydrogens (primary N) is 1. The minimum absolute atomic E-state index is 0.110. The third kappa shape index (κ3) is 3.14. The molecule has 4 heteroatoms. The van der Waals surface area contributed by atoms with Crippen LogP contribution in [0.5, 0.6) is 11.5 Å². The molecule has 2 aromatic rings. The number of nitrogen functional groups attached to an aromatic ring is 1. The van der Waals surface area contributed by atoms with E-state index in [1.54, 1.807) is 0 Å². The highest BCUT2D eigenvalue weighted by Gasteiger charge is 2.06. The van der Waals surface area contributed by atoms with Gasteiger partial charge in [0.25, 0.3) is 0 Å². The number of aliphatic hydroxyl groups is 1. The molecular weight excluding hydrogens is 341 g/mol. The topological polar surface area (TPSA) is 55.5 Å². The average molecular weight is 355 g/mol. The zero-order valence-corrected chi connectivity index (χ0v) is 11.9. The van der Waals surface area contributed by atoms with Crippen molar-refractivity contribution in [1.82, 2.24) is 0 Å². The van der Waals surface area contributed by atoms with Crippen LogP contribution < -0.4 is 10.5 Å². The van der Waals surface area contributed by atoms with Crippen LogP contribution in [0.25, 0.3) is 0 Å². The SMILES string of the molecule is Nc1ccc(Oc2ccccc2CCO)c(I)c1. The van der Waals surface area contributed by atoms with Crippen molar-refractivity contribution in [2.24, 2.45) is 0 Å². The van der Waals surface area contributed by atoms with Gasteiger partial charge in [-0.1, -0.05) is 18.2 Å². The van der Waals surface area contributed by atoms with Gasteiger partial charge < -0.3 is 15.6 Å². The van der Waals surface area contributed by atoms with Crippen LogP contribution in [0.15, 0.2) is 42.5 Å². The molecule has 94 valence electrons. The molecule has 0 amide bonds. The van der Waals surface area contributed by atoms with Crippen molar-refractivity contribution in [3.63, 3.8) is 0 Å². The lowest BCUT2D eigenvalue weighted by molar-refractivity contribution is 0.298. The summed E-state index contributed by atoms with van der Waals surface area (Å²) >= 11 is 2.19. The molecule has 0 aliphatic rings. The van der Waals surface area contributed by atoms with E-state index in [1.165, 1.54) is 0 Å². The molecule has 3 nitrogen and oxygen atoms in total. The molecular formula is C14H14INO2. The highest BCUT2D eigenvalue weighted by molar-refractivity contribution is 14.1. The van der Waals surface area contributed by atoms with Crippen LogP contribution in [0.1, 0.15) is 5.56 Å². The van der Waals surface area contributed by atoms with E-state index in [0.29, 0.717) is 6.42 Å². The zero-order valence-electron chi connectivity index (χ0n) is 9.77. The number of rotatable bonds is 4. The number of aliphatic hydroxyl groups excluding tert-OH is 1. The van der Waals surface area contributed by atoms with Crippen LogP contribution >= 0.6 is 22.6 Å². The van der Waals surface area contributed by atoms with Crippen molar-refractivity contribution in [3.05, 3.63) is 51.6 Å². The maximum atomic E-state index is 9.03. The van der Waals surface area contributed by atoms with Crippen LogP contribution in [-0.4, -0.2) is 11.7 Å². The first-order valence-corrected chi connectivity index (χ1v) is 6.70. The maximum Gasteiger partial charge on any atom is 0.140 e. The summed E-state index contributed by atoms with van der Waals surface area (Å²) in [5.74, 6) is 1.55. The lowest BCUT2D eigenvalue weighted by atomic mass is 10.1. The first-order valence-electron chi connectivity index (χ1n) is 5.62. The van der Waals surface area contributed by atoms with Crippen molar-refractivity contribution in [3.8, 4) is 11.5 Å². The molecule has 0 aromatic heterocycles. The predicted octanol–water partition coefficient (Wildman–Crippen LogP) is 3.20. The first kappa shape index (κ1) is 13.2. The minimum Gasteiger partial charge on any atom is -0.456 e. The Bertz CT molecular complexity index is 543. The van der Waals surface area contributed by atoms with Gasteiger partial charge in [-0.05, 0) is 58.8 Å². The summed E-state index contributed by atoms with van der Waals surface area (Å²) in [5, 5.41) is 9.03. The van der Waals surface area contributed by atoms with Gasteiger partial charge in [0.05, 0.1) is 3.57 Å². The molecule has 0 unspecified atom stereocenters. The third-order valence-corrected chi connectivity index (χ3v) is 3.37. The molecule has 0 spiro atoms. The van der Waals surface area contributed by atoms with Gasteiger partial charge in [-0.2, -0.15) is 0 Å². The third-order valence-electron chi connectivity index (χ3n) is 2.53. The summed E-state index contributed by atoms with van der Waals surface area (Å²) < 4.78 is 6.84. The van der Waals surface area contributed by atoms with Gasteiger partial charge in [0.1, 0.15) is 11.5 Å². The van der Waals surface area contributed by atoms with Crippen LogP contribution in [0, 0.1) is 3.57 Å². The molecule has 0 atom stereocenters. The van der Waals surface area contributed by atoms with Gasteiger partial charge in [-0.3, -0.25) is 0 Å². The molecule has 0 radical (unpaired) electrons. The van der Waals surface area contributed by atoms with Gasteiger partial charge in [-0.25, -0.2) is 0 Å². The van der Waals surface area contributed by atoms with Crippen LogP contribution in [-0.2, 0) is 6.42 Å². The van der Waals surface area contributed by atoms with E-state index in [-0.39, 0.29) is 6.61 Å². The number of benzene rings is 2. The summed E-state index contributed by atoms with van der Waals surface area (Å²) in [7, 11) is 0. The van der Waals surface area contributed by atoms with Crippen molar-refractivity contribution in [2.75, 3.05) is 12.3 Å². The van der Waals surface area contributed by atoms with E-state index < -0.39 is 0 Å².